The molecule has 0 spiro atoms. The normalized spacial score (nSPS) is 14.5. The summed E-state index contributed by atoms with van der Waals surface area (Å²) in [7, 11) is 0. The number of nitrogens with two attached hydrogens (primary N) is 1. The highest BCUT2D eigenvalue weighted by atomic mass is 16.2. The van der Waals surface area contributed by atoms with Crippen LogP contribution in [0, 0.1) is 0 Å². The number of carbonyl (C=O) groups excluding carboxylic acids is 3. The lowest BCUT2D eigenvalue weighted by molar-refractivity contribution is -0.132. The van der Waals surface area contributed by atoms with E-state index < -0.39 is 5.91 Å². The summed E-state index contributed by atoms with van der Waals surface area (Å²) in [4.78, 5) is 34.7. The number of hydrogen-bond donors (Lipinski definition) is 1. The number of carbonyl (C=O) groups is 3. The first-order chi connectivity index (χ1) is 8.90. The maximum Gasteiger partial charge on any atom is 0.297 e. The SMILES string of the molecule is CC(C)(CN)c1ccc2c(c1)CC(=O)N2C(=O)C=O. The van der Waals surface area contributed by atoms with Crippen LogP contribution in [0.25, 0.3) is 0 Å². The Hall–Kier alpha value is -2.01. The summed E-state index contributed by atoms with van der Waals surface area (Å²) < 4.78 is 0. The number of anilines is 1. The van der Waals surface area contributed by atoms with Crippen molar-refractivity contribution in [3.63, 3.8) is 0 Å². The van der Waals surface area contributed by atoms with Gasteiger partial charge in [-0.2, -0.15) is 0 Å². The largest absolute Gasteiger partial charge is 0.330 e. The van der Waals surface area contributed by atoms with E-state index in [0.29, 0.717) is 12.2 Å². The van der Waals surface area contributed by atoms with E-state index in [-0.39, 0.29) is 24.0 Å². The molecule has 0 fully saturated rings. The summed E-state index contributed by atoms with van der Waals surface area (Å²) in [5, 5.41) is 0. The predicted molar refractivity (Wildman–Crippen MR) is 70.8 cm³/mol. The molecule has 19 heavy (non-hydrogen) atoms. The van der Waals surface area contributed by atoms with Gasteiger partial charge >= 0.3 is 0 Å². The molecule has 1 aliphatic heterocycles. The smallest absolute Gasteiger partial charge is 0.297 e. The van der Waals surface area contributed by atoms with Crippen LogP contribution in [0.5, 0.6) is 0 Å². The average Bonchev–Trinajstić information content (AvgIpc) is 2.72. The third kappa shape index (κ3) is 2.17. The maximum absolute atomic E-state index is 11.8. The second-order valence-corrected chi connectivity index (χ2v) is 5.29. The molecule has 1 aliphatic rings. The Morgan fingerprint density at radius 3 is 2.74 bits per heavy atom. The van der Waals surface area contributed by atoms with E-state index >= 15 is 0 Å². The molecule has 1 aromatic rings. The Labute approximate surface area is 111 Å². The number of amides is 2. The first-order valence-electron chi connectivity index (χ1n) is 6.06. The predicted octanol–water partition coefficient (Wildman–Crippen LogP) is 0.537. The minimum absolute atomic E-state index is 0.142. The lowest BCUT2D eigenvalue weighted by Gasteiger charge is -2.24. The second-order valence-electron chi connectivity index (χ2n) is 5.29. The molecule has 1 heterocycles. The van der Waals surface area contributed by atoms with Crippen LogP contribution in [-0.2, 0) is 26.2 Å². The number of rotatable bonds is 3. The standard InChI is InChI=1S/C14H16N2O3/c1-14(2,8-15)10-3-4-11-9(5-10)6-12(18)16(11)13(19)7-17/h3-5,7H,6,8,15H2,1-2H3. The number of hydrogen-bond acceptors (Lipinski definition) is 4. The Morgan fingerprint density at radius 2 is 2.16 bits per heavy atom. The van der Waals surface area contributed by atoms with Crippen molar-refractivity contribution < 1.29 is 14.4 Å². The molecule has 0 aliphatic carbocycles. The van der Waals surface area contributed by atoms with Gasteiger partial charge in [-0.3, -0.25) is 14.4 Å². The van der Waals surface area contributed by atoms with Crippen molar-refractivity contribution >= 4 is 23.8 Å². The molecule has 2 amide bonds. The minimum Gasteiger partial charge on any atom is -0.330 e. The van der Waals surface area contributed by atoms with Gasteiger partial charge in [0, 0.05) is 12.0 Å². The van der Waals surface area contributed by atoms with E-state index in [4.69, 9.17) is 5.73 Å². The van der Waals surface area contributed by atoms with Crippen LogP contribution in [0.15, 0.2) is 18.2 Å². The molecule has 0 saturated heterocycles. The van der Waals surface area contributed by atoms with Gasteiger partial charge in [0.2, 0.25) is 12.2 Å². The van der Waals surface area contributed by atoms with Gasteiger partial charge in [-0.25, -0.2) is 4.90 Å². The summed E-state index contributed by atoms with van der Waals surface area (Å²) in [6, 6.07) is 5.43. The molecule has 0 radical (unpaired) electrons. The molecule has 0 saturated carbocycles. The van der Waals surface area contributed by atoms with Crippen LogP contribution in [0.3, 0.4) is 0 Å². The average molecular weight is 260 g/mol. The summed E-state index contributed by atoms with van der Waals surface area (Å²) in [6.07, 6.45) is 0.300. The highest BCUT2D eigenvalue weighted by Crippen LogP contribution is 2.33. The third-order valence-corrected chi connectivity index (χ3v) is 3.52. The Morgan fingerprint density at radius 1 is 1.47 bits per heavy atom. The minimum atomic E-state index is -0.824. The van der Waals surface area contributed by atoms with E-state index in [1.807, 2.05) is 26.0 Å². The van der Waals surface area contributed by atoms with Crippen molar-refractivity contribution in [2.75, 3.05) is 11.4 Å². The summed E-state index contributed by atoms with van der Waals surface area (Å²) >= 11 is 0. The molecular formula is C14H16N2O3. The van der Waals surface area contributed by atoms with E-state index in [9.17, 15) is 14.4 Å². The van der Waals surface area contributed by atoms with Gasteiger partial charge in [0.05, 0.1) is 12.1 Å². The number of nitrogens with zero attached hydrogens (tertiary/aromatic N) is 1. The second kappa shape index (κ2) is 4.59. The van der Waals surface area contributed by atoms with Gasteiger partial charge < -0.3 is 5.73 Å². The highest BCUT2D eigenvalue weighted by Gasteiger charge is 2.33. The molecule has 0 unspecified atom stereocenters. The zero-order chi connectivity index (χ0) is 14.2. The molecule has 1 aromatic carbocycles. The van der Waals surface area contributed by atoms with Gasteiger partial charge in [0.15, 0.2) is 0 Å². The summed E-state index contributed by atoms with van der Waals surface area (Å²) in [6.45, 7) is 4.51. The van der Waals surface area contributed by atoms with Crippen LogP contribution >= 0.6 is 0 Å². The number of benzene rings is 1. The lowest BCUT2D eigenvalue weighted by atomic mass is 9.84. The Balaban J connectivity index is 2.45. The van der Waals surface area contributed by atoms with Crippen molar-refractivity contribution in [1.82, 2.24) is 0 Å². The first kappa shape index (κ1) is 13.4. The topological polar surface area (TPSA) is 80.5 Å². The molecule has 100 valence electrons. The molecule has 5 nitrogen and oxygen atoms in total. The monoisotopic (exact) mass is 260 g/mol. The van der Waals surface area contributed by atoms with Crippen LogP contribution in [0.4, 0.5) is 5.69 Å². The molecule has 2 rings (SSSR count). The van der Waals surface area contributed by atoms with Gasteiger partial charge in [-0.05, 0) is 17.2 Å². The number of imide groups is 1. The molecule has 2 N–H and O–H groups in total. The van der Waals surface area contributed by atoms with Crippen molar-refractivity contribution in [2.24, 2.45) is 5.73 Å². The molecular weight excluding hydrogens is 244 g/mol. The Kier molecular flexibility index (Phi) is 3.24. The zero-order valence-electron chi connectivity index (χ0n) is 11.0. The Bertz CT molecular complexity index is 564. The van der Waals surface area contributed by atoms with Crippen molar-refractivity contribution in [1.29, 1.82) is 0 Å². The molecule has 0 bridgehead atoms. The highest BCUT2D eigenvalue weighted by molar-refractivity contribution is 6.39. The van der Waals surface area contributed by atoms with Crippen LogP contribution in [-0.4, -0.2) is 24.6 Å². The third-order valence-electron chi connectivity index (χ3n) is 3.52. The van der Waals surface area contributed by atoms with Crippen LogP contribution < -0.4 is 10.6 Å². The first-order valence-corrected chi connectivity index (χ1v) is 6.06. The molecule has 0 aromatic heterocycles. The van der Waals surface area contributed by atoms with E-state index in [2.05, 4.69) is 0 Å². The van der Waals surface area contributed by atoms with Crippen molar-refractivity contribution in [2.45, 2.75) is 25.7 Å². The van der Waals surface area contributed by atoms with Crippen LogP contribution in [0.1, 0.15) is 25.0 Å². The summed E-state index contributed by atoms with van der Waals surface area (Å²) in [5.74, 6) is -1.19. The van der Waals surface area contributed by atoms with Crippen LogP contribution in [0.2, 0.25) is 0 Å². The van der Waals surface area contributed by atoms with E-state index in [0.717, 1.165) is 16.0 Å². The fourth-order valence-electron chi connectivity index (χ4n) is 2.15. The maximum atomic E-state index is 11.8. The number of aldehydes is 1. The lowest BCUT2D eigenvalue weighted by Crippen LogP contribution is -2.34. The van der Waals surface area contributed by atoms with Gasteiger partial charge in [-0.1, -0.05) is 26.0 Å². The van der Waals surface area contributed by atoms with E-state index in [1.165, 1.54) is 0 Å². The quantitative estimate of drug-likeness (QED) is 0.635. The van der Waals surface area contributed by atoms with Crippen molar-refractivity contribution in [3.8, 4) is 0 Å². The summed E-state index contributed by atoms with van der Waals surface area (Å²) in [5.41, 5.74) is 7.81. The fourth-order valence-corrected chi connectivity index (χ4v) is 2.15. The van der Waals surface area contributed by atoms with Crippen molar-refractivity contribution in [3.05, 3.63) is 29.3 Å². The molecule has 5 heteroatoms. The van der Waals surface area contributed by atoms with Gasteiger partial charge in [0.1, 0.15) is 0 Å². The fraction of sp³-hybridized carbons (Fsp3) is 0.357. The zero-order valence-corrected chi connectivity index (χ0v) is 11.0. The van der Waals surface area contributed by atoms with Gasteiger partial charge in [0.25, 0.3) is 5.91 Å². The van der Waals surface area contributed by atoms with Gasteiger partial charge in [-0.15, -0.1) is 0 Å². The van der Waals surface area contributed by atoms with E-state index in [1.54, 1.807) is 6.07 Å². The molecule has 0 atom stereocenters. The number of fused-ring (bicyclic) bond motifs is 1.